The molecule has 0 spiro atoms. The Morgan fingerprint density at radius 3 is 2.10 bits per heavy atom. The van der Waals surface area contributed by atoms with Gasteiger partial charge in [0.05, 0.1) is 23.7 Å². The molecular weight excluding hydrogens is 784 g/mol. The van der Waals surface area contributed by atoms with Gasteiger partial charge in [0.25, 0.3) is 20.1 Å². The van der Waals surface area contributed by atoms with Crippen molar-refractivity contribution in [2.24, 2.45) is 0 Å². The zero-order chi connectivity index (χ0) is 41.5. The fraction of sp³-hybridized carbons (Fsp3) is 0.419. The average molecular weight is 834 g/mol. The van der Waals surface area contributed by atoms with Gasteiger partial charge in [0, 0.05) is 62.8 Å². The number of nitrogens with one attached hydrogen (secondary N) is 1. The molecule has 0 saturated carbocycles. The second kappa shape index (κ2) is 16.2. The summed E-state index contributed by atoms with van der Waals surface area (Å²) in [7, 11) is -7.24. The number of carbonyl (C=O) groups is 2. The highest BCUT2D eigenvalue weighted by atomic mass is 32.2. The van der Waals surface area contributed by atoms with Gasteiger partial charge in [0.2, 0.25) is 15.9 Å². The number of pyridine rings is 1. The number of sulfonamides is 1. The first-order valence-corrected chi connectivity index (χ1v) is 23.1. The van der Waals surface area contributed by atoms with Crippen LogP contribution in [0.5, 0.6) is 0 Å². The Hall–Kier alpha value is -4.57. The molecule has 2 bridgehead atoms. The zero-order valence-corrected chi connectivity index (χ0v) is 35.1. The molecule has 3 aromatic carbocycles. The van der Waals surface area contributed by atoms with Crippen LogP contribution in [-0.4, -0.2) is 93.5 Å². The van der Waals surface area contributed by atoms with E-state index in [1.807, 2.05) is 41.3 Å². The van der Waals surface area contributed by atoms with Crippen LogP contribution in [0, 0.1) is 12.7 Å². The molecular formula is C43H50F3N5O5SSi. The molecule has 4 aromatic rings. The molecule has 7 rings (SSSR count). The zero-order valence-electron chi connectivity index (χ0n) is 33.3. The van der Waals surface area contributed by atoms with E-state index < -0.39 is 43.0 Å². The van der Waals surface area contributed by atoms with E-state index in [-0.39, 0.29) is 65.6 Å². The number of nitrogens with zero attached hydrogens (tertiary/aromatic N) is 4. The van der Waals surface area contributed by atoms with Crippen LogP contribution < -0.4 is 20.6 Å². The maximum atomic E-state index is 14.3. The number of likely N-dealkylation sites (tertiary alicyclic amines) is 1. The molecule has 58 heavy (non-hydrogen) atoms. The summed E-state index contributed by atoms with van der Waals surface area (Å²) in [6, 6.07) is 26.6. The molecule has 3 fully saturated rings. The minimum absolute atomic E-state index is 0.0336. The van der Waals surface area contributed by atoms with Crippen molar-refractivity contribution in [3.8, 4) is 0 Å². The largest absolute Gasteiger partial charge is 0.407 e. The third-order valence-corrected chi connectivity index (χ3v) is 18.5. The van der Waals surface area contributed by atoms with Crippen LogP contribution in [0.15, 0.2) is 95.9 Å². The molecule has 3 aliphatic heterocycles. The first-order valence-electron chi connectivity index (χ1n) is 19.7. The van der Waals surface area contributed by atoms with E-state index in [1.54, 1.807) is 11.8 Å². The van der Waals surface area contributed by atoms with Gasteiger partial charge >= 0.3 is 0 Å². The first-order chi connectivity index (χ1) is 27.5. The summed E-state index contributed by atoms with van der Waals surface area (Å²) < 4.78 is 77.9. The van der Waals surface area contributed by atoms with Gasteiger partial charge in [-0.25, -0.2) is 26.6 Å². The Bertz CT molecular complexity index is 2210. The molecule has 308 valence electrons. The fourth-order valence-corrected chi connectivity index (χ4v) is 14.9. The lowest BCUT2D eigenvalue weighted by atomic mass is 10.1. The summed E-state index contributed by atoms with van der Waals surface area (Å²) in [5.41, 5.74) is 1.20. The molecule has 15 heteroatoms. The number of fused-ring (bicyclic) bond motifs is 2. The number of amides is 2. The number of rotatable bonds is 12. The summed E-state index contributed by atoms with van der Waals surface area (Å²) in [6.45, 7) is 7.62. The minimum Gasteiger partial charge on any atom is -0.407 e. The van der Waals surface area contributed by atoms with Gasteiger partial charge in [-0.3, -0.25) is 9.59 Å². The summed E-state index contributed by atoms with van der Waals surface area (Å²) in [5, 5.41) is 4.78. The van der Waals surface area contributed by atoms with Crippen molar-refractivity contribution in [1.82, 2.24) is 19.5 Å². The van der Waals surface area contributed by atoms with E-state index >= 15 is 0 Å². The van der Waals surface area contributed by atoms with Gasteiger partial charge in [0.15, 0.2) is 0 Å². The maximum Gasteiger partial charge on any atom is 0.262 e. The number of aryl methyl sites for hydroxylation is 1. The Morgan fingerprint density at radius 2 is 1.55 bits per heavy atom. The number of piperazine rings is 1. The highest BCUT2D eigenvalue weighted by Gasteiger charge is 2.50. The third kappa shape index (κ3) is 8.31. The molecule has 1 aromatic heterocycles. The number of carbonyl (C=O) groups excluding carboxylic acids is 2. The van der Waals surface area contributed by atoms with Crippen LogP contribution in [0.3, 0.4) is 0 Å². The van der Waals surface area contributed by atoms with Crippen LogP contribution in [0.2, 0.25) is 5.04 Å². The normalized spacial score (nSPS) is 19.7. The first kappa shape index (κ1) is 41.6. The molecule has 1 N–H and O–H groups in total. The predicted octanol–water partition coefficient (Wildman–Crippen LogP) is 5.64. The van der Waals surface area contributed by atoms with E-state index in [1.165, 1.54) is 30.3 Å². The Kier molecular flexibility index (Phi) is 11.6. The van der Waals surface area contributed by atoms with Gasteiger partial charge in [-0.1, -0.05) is 81.4 Å². The van der Waals surface area contributed by atoms with Crippen molar-refractivity contribution in [3.05, 3.63) is 114 Å². The molecule has 10 nitrogen and oxygen atoms in total. The summed E-state index contributed by atoms with van der Waals surface area (Å²) in [5.74, 6) is -3.76. The SMILES string of the molecule is Cc1cc(F)ccc1C(=O)N1CC2CCC(C1)N2c1cc(S(=O)(=O)N2CCC(F)(F)C2)cc(CNC(=O)CCO[Si](c2ccccc2)(c2ccccc2)C(C)(C)C)n1. The Labute approximate surface area is 339 Å². The quantitative estimate of drug-likeness (QED) is 0.184. The van der Waals surface area contributed by atoms with Crippen LogP contribution >= 0.6 is 0 Å². The topological polar surface area (TPSA) is 112 Å². The van der Waals surface area contributed by atoms with E-state index in [9.17, 15) is 31.2 Å². The molecule has 2 amide bonds. The fourth-order valence-electron chi connectivity index (χ4n) is 8.79. The van der Waals surface area contributed by atoms with Gasteiger partial charge in [-0.15, -0.1) is 0 Å². The number of anilines is 1. The summed E-state index contributed by atoms with van der Waals surface area (Å²) in [6.07, 6.45) is 0.888. The average Bonchev–Trinajstić information content (AvgIpc) is 3.70. The van der Waals surface area contributed by atoms with E-state index in [4.69, 9.17) is 9.41 Å². The number of hydrogen-bond donors (Lipinski definition) is 1. The van der Waals surface area contributed by atoms with Crippen molar-refractivity contribution in [1.29, 1.82) is 0 Å². The van der Waals surface area contributed by atoms with Gasteiger partial charge in [-0.2, -0.15) is 4.31 Å². The van der Waals surface area contributed by atoms with E-state index in [2.05, 4.69) is 50.4 Å². The molecule has 0 aliphatic carbocycles. The van der Waals surface area contributed by atoms with E-state index in [0.717, 1.165) is 14.7 Å². The lowest BCUT2D eigenvalue weighted by Gasteiger charge is -2.43. The summed E-state index contributed by atoms with van der Waals surface area (Å²) in [4.78, 5) is 35.4. The van der Waals surface area contributed by atoms with Gasteiger partial charge in [0.1, 0.15) is 11.6 Å². The number of halogens is 3. The summed E-state index contributed by atoms with van der Waals surface area (Å²) >= 11 is 0. The number of hydrogen-bond acceptors (Lipinski definition) is 7. The molecule has 3 aliphatic rings. The van der Waals surface area contributed by atoms with Crippen LogP contribution in [0.25, 0.3) is 0 Å². The van der Waals surface area contributed by atoms with Gasteiger partial charge < -0.3 is 19.5 Å². The van der Waals surface area contributed by atoms with Crippen molar-refractivity contribution in [2.45, 2.75) is 87.9 Å². The second-order valence-corrected chi connectivity index (χ2v) is 22.8. The molecule has 0 radical (unpaired) electrons. The third-order valence-electron chi connectivity index (χ3n) is 11.6. The van der Waals surface area contributed by atoms with Crippen LogP contribution in [-0.2, 0) is 25.8 Å². The molecule has 3 saturated heterocycles. The number of alkyl halides is 2. The Morgan fingerprint density at radius 1 is 0.931 bits per heavy atom. The maximum absolute atomic E-state index is 14.3. The lowest BCUT2D eigenvalue weighted by Crippen LogP contribution is -2.66. The number of benzene rings is 3. The monoisotopic (exact) mass is 833 g/mol. The van der Waals surface area contributed by atoms with Gasteiger partial charge in [-0.05, 0) is 65.0 Å². The molecule has 2 unspecified atom stereocenters. The van der Waals surface area contributed by atoms with Crippen molar-refractivity contribution in [3.63, 3.8) is 0 Å². The van der Waals surface area contributed by atoms with Crippen LogP contribution in [0.4, 0.5) is 19.0 Å². The van der Waals surface area contributed by atoms with Crippen molar-refractivity contribution >= 4 is 46.3 Å². The smallest absolute Gasteiger partial charge is 0.262 e. The van der Waals surface area contributed by atoms with Crippen molar-refractivity contribution in [2.75, 3.05) is 37.7 Å². The second-order valence-electron chi connectivity index (χ2n) is 16.6. The van der Waals surface area contributed by atoms with Crippen LogP contribution in [0.1, 0.15) is 68.1 Å². The Balaban J connectivity index is 1.11. The predicted molar refractivity (Wildman–Crippen MR) is 219 cm³/mol. The number of aromatic nitrogens is 1. The highest BCUT2D eigenvalue weighted by Crippen LogP contribution is 2.39. The molecule has 2 atom stereocenters. The minimum atomic E-state index is -4.35. The standard InChI is InChI=1S/C43H50F3N5O5SSi/c1-30-23-31(44)15-18-38(30)41(53)49-27-33-16-17-34(28-49)51(33)39-25-35(57(54,55)50-21-20-43(45,46)29-50)24-32(48-39)26-47-40(52)19-22-56-58(42(2,3)4,36-11-7-5-8-12-36)37-13-9-6-10-14-37/h5-15,18,23-25,33-34H,16-17,19-22,26-29H2,1-4H3,(H,47,52). The lowest BCUT2D eigenvalue weighted by molar-refractivity contribution is -0.121. The molecule has 4 heterocycles. The van der Waals surface area contributed by atoms with Crippen molar-refractivity contribution < 1.29 is 35.6 Å². The highest BCUT2D eigenvalue weighted by molar-refractivity contribution is 7.89. The van der Waals surface area contributed by atoms with E-state index in [0.29, 0.717) is 42.9 Å².